The Kier molecular flexibility index (Phi) is 6.67. The molecular formula is C21H22N2O6. The van der Waals surface area contributed by atoms with Gasteiger partial charge in [0.1, 0.15) is 0 Å². The Morgan fingerprint density at radius 3 is 2.62 bits per heavy atom. The second-order valence-corrected chi connectivity index (χ2v) is 6.41. The number of likely N-dealkylation sites (N-methyl/N-ethyl adjacent to an activating group) is 1. The molecule has 2 aromatic rings. The zero-order valence-corrected chi connectivity index (χ0v) is 16.3. The van der Waals surface area contributed by atoms with Crippen LogP contribution in [0.1, 0.15) is 18.1 Å². The van der Waals surface area contributed by atoms with Crippen molar-refractivity contribution in [1.29, 1.82) is 0 Å². The maximum absolute atomic E-state index is 12.1. The summed E-state index contributed by atoms with van der Waals surface area (Å²) in [7, 11) is 1.65. The van der Waals surface area contributed by atoms with Crippen molar-refractivity contribution in [2.45, 2.75) is 13.5 Å². The highest BCUT2D eigenvalue weighted by Crippen LogP contribution is 2.32. The summed E-state index contributed by atoms with van der Waals surface area (Å²) in [6.45, 7) is 1.63. The van der Waals surface area contributed by atoms with Crippen LogP contribution in [0.3, 0.4) is 0 Å². The molecule has 1 amide bonds. The monoisotopic (exact) mass is 398 g/mol. The number of ether oxygens (including phenoxy) is 3. The number of nitrogens with zero attached hydrogens (tertiary/aromatic N) is 2. The van der Waals surface area contributed by atoms with Crippen molar-refractivity contribution >= 4 is 17.6 Å². The average Bonchev–Trinajstić information content (AvgIpc) is 3.20. The van der Waals surface area contributed by atoms with E-state index in [9.17, 15) is 9.59 Å². The van der Waals surface area contributed by atoms with Crippen LogP contribution >= 0.6 is 0 Å². The van der Waals surface area contributed by atoms with E-state index in [4.69, 9.17) is 19.0 Å². The molecule has 152 valence electrons. The van der Waals surface area contributed by atoms with E-state index in [2.05, 4.69) is 5.16 Å². The molecule has 0 unspecified atom stereocenters. The number of amides is 1. The molecule has 0 atom stereocenters. The number of hydrogen-bond donors (Lipinski definition) is 0. The molecular weight excluding hydrogens is 376 g/mol. The highest BCUT2D eigenvalue weighted by Gasteiger charge is 2.15. The lowest BCUT2D eigenvalue weighted by molar-refractivity contribution is -0.155. The van der Waals surface area contributed by atoms with Crippen LogP contribution in [0.5, 0.6) is 11.5 Å². The molecule has 1 aliphatic heterocycles. The summed E-state index contributed by atoms with van der Waals surface area (Å²) in [5, 5.41) is 3.90. The third kappa shape index (κ3) is 5.71. The minimum Gasteiger partial charge on any atom is -0.454 e. The Labute approximate surface area is 168 Å². The van der Waals surface area contributed by atoms with E-state index in [-0.39, 0.29) is 19.3 Å². The average molecular weight is 398 g/mol. The largest absolute Gasteiger partial charge is 0.454 e. The van der Waals surface area contributed by atoms with Gasteiger partial charge in [-0.25, -0.2) is 4.79 Å². The molecule has 3 rings (SSSR count). The number of carbonyl (C=O) groups is 2. The van der Waals surface area contributed by atoms with E-state index < -0.39 is 12.6 Å². The maximum Gasteiger partial charge on any atom is 0.347 e. The molecule has 1 heterocycles. The third-order valence-corrected chi connectivity index (χ3v) is 4.22. The minimum absolute atomic E-state index is 0.191. The van der Waals surface area contributed by atoms with Crippen LogP contribution in [0, 0.1) is 0 Å². The van der Waals surface area contributed by atoms with E-state index in [1.165, 1.54) is 4.90 Å². The first kappa shape index (κ1) is 20.2. The molecule has 0 saturated carbocycles. The van der Waals surface area contributed by atoms with Gasteiger partial charge in [-0.15, -0.1) is 0 Å². The summed E-state index contributed by atoms with van der Waals surface area (Å²) < 4.78 is 15.5. The molecule has 29 heavy (non-hydrogen) atoms. The van der Waals surface area contributed by atoms with Crippen LogP contribution in [0.15, 0.2) is 53.7 Å². The number of esters is 1. The maximum atomic E-state index is 12.1. The van der Waals surface area contributed by atoms with Crippen LogP contribution < -0.4 is 9.47 Å². The van der Waals surface area contributed by atoms with Crippen LogP contribution in [-0.4, -0.2) is 49.5 Å². The van der Waals surface area contributed by atoms with Crippen LogP contribution in [-0.2, 0) is 25.7 Å². The molecule has 0 N–H and O–H groups in total. The molecule has 0 saturated heterocycles. The summed E-state index contributed by atoms with van der Waals surface area (Å²) in [6, 6.07) is 14.9. The standard InChI is InChI=1S/C21H22N2O6/c1-15(17-8-9-18-19(10-17)28-14-27-18)22-29-13-21(25)26-12-20(24)23(2)11-16-6-4-3-5-7-16/h3-10H,11-14H2,1-2H3/b22-15-. The van der Waals surface area contributed by atoms with Crippen LogP contribution in [0.4, 0.5) is 0 Å². The van der Waals surface area contributed by atoms with E-state index in [0.29, 0.717) is 23.8 Å². The van der Waals surface area contributed by atoms with E-state index >= 15 is 0 Å². The van der Waals surface area contributed by atoms with Crippen molar-refractivity contribution in [2.75, 3.05) is 27.1 Å². The van der Waals surface area contributed by atoms with Gasteiger partial charge in [-0.05, 0) is 30.7 Å². The number of benzene rings is 2. The molecule has 8 heteroatoms. The summed E-state index contributed by atoms with van der Waals surface area (Å²) in [5.41, 5.74) is 2.33. The topological polar surface area (TPSA) is 86.7 Å². The van der Waals surface area contributed by atoms with Crippen molar-refractivity contribution in [3.63, 3.8) is 0 Å². The highest BCUT2D eigenvalue weighted by atomic mass is 16.7. The number of oxime groups is 1. The molecule has 0 aromatic heterocycles. The van der Waals surface area contributed by atoms with Gasteiger partial charge in [-0.3, -0.25) is 4.79 Å². The zero-order chi connectivity index (χ0) is 20.6. The lowest BCUT2D eigenvalue weighted by Gasteiger charge is -2.17. The quantitative estimate of drug-likeness (QED) is 0.385. The number of rotatable bonds is 8. The van der Waals surface area contributed by atoms with Gasteiger partial charge in [-0.1, -0.05) is 35.5 Å². The van der Waals surface area contributed by atoms with Gasteiger partial charge < -0.3 is 23.9 Å². The first-order valence-corrected chi connectivity index (χ1v) is 9.03. The minimum atomic E-state index is -0.673. The number of hydrogen-bond acceptors (Lipinski definition) is 7. The molecule has 0 radical (unpaired) electrons. The van der Waals surface area contributed by atoms with E-state index in [0.717, 1.165) is 11.1 Å². The molecule has 0 aliphatic carbocycles. The van der Waals surface area contributed by atoms with Gasteiger partial charge in [0.25, 0.3) is 5.91 Å². The third-order valence-electron chi connectivity index (χ3n) is 4.22. The molecule has 1 aliphatic rings. The predicted molar refractivity (Wildman–Crippen MR) is 105 cm³/mol. The summed E-state index contributed by atoms with van der Waals surface area (Å²) >= 11 is 0. The summed E-state index contributed by atoms with van der Waals surface area (Å²) in [4.78, 5) is 30.4. The van der Waals surface area contributed by atoms with Gasteiger partial charge >= 0.3 is 5.97 Å². The first-order valence-electron chi connectivity index (χ1n) is 9.03. The Morgan fingerprint density at radius 1 is 1.07 bits per heavy atom. The van der Waals surface area contributed by atoms with Crippen molar-refractivity contribution in [1.82, 2.24) is 4.90 Å². The second kappa shape index (κ2) is 9.59. The van der Waals surface area contributed by atoms with E-state index in [1.807, 2.05) is 36.4 Å². The Hall–Kier alpha value is -3.55. The first-order chi connectivity index (χ1) is 14.0. The van der Waals surface area contributed by atoms with Gasteiger partial charge in [0.2, 0.25) is 13.4 Å². The smallest absolute Gasteiger partial charge is 0.347 e. The second-order valence-electron chi connectivity index (χ2n) is 6.41. The molecule has 0 bridgehead atoms. The molecule has 0 spiro atoms. The van der Waals surface area contributed by atoms with Crippen molar-refractivity contribution in [3.05, 3.63) is 59.7 Å². The fraction of sp³-hybridized carbons (Fsp3) is 0.286. The molecule has 8 nitrogen and oxygen atoms in total. The highest BCUT2D eigenvalue weighted by molar-refractivity contribution is 5.99. The lowest BCUT2D eigenvalue weighted by Crippen LogP contribution is -2.31. The van der Waals surface area contributed by atoms with Gasteiger partial charge in [-0.2, -0.15) is 0 Å². The fourth-order valence-electron chi connectivity index (χ4n) is 2.60. The summed E-state index contributed by atoms with van der Waals surface area (Å²) in [5.74, 6) is 0.332. The lowest BCUT2D eigenvalue weighted by atomic mass is 10.1. The predicted octanol–water partition coefficient (Wildman–Crippen LogP) is 2.36. The Bertz CT molecular complexity index is 897. The fourth-order valence-corrected chi connectivity index (χ4v) is 2.60. The van der Waals surface area contributed by atoms with Crippen molar-refractivity contribution < 1.29 is 28.6 Å². The van der Waals surface area contributed by atoms with Gasteiger partial charge in [0, 0.05) is 19.2 Å². The van der Waals surface area contributed by atoms with Gasteiger partial charge in [0.15, 0.2) is 18.1 Å². The molecule has 0 fully saturated rings. The Morgan fingerprint density at radius 2 is 1.83 bits per heavy atom. The van der Waals surface area contributed by atoms with Crippen molar-refractivity contribution in [2.24, 2.45) is 5.16 Å². The Balaban J connectivity index is 1.40. The summed E-state index contributed by atoms with van der Waals surface area (Å²) in [6.07, 6.45) is 0. The van der Waals surface area contributed by atoms with E-state index in [1.54, 1.807) is 26.1 Å². The van der Waals surface area contributed by atoms with Crippen molar-refractivity contribution in [3.8, 4) is 11.5 Å². The van der Waals surface area contributed by atoms with Crippen LogP contribution in [0.25, 0.3) is 0 Å². The normalized spacial score (nSPS) is 12.4. The molecule has 2 aromatic carbocycles. The zero-order valence-electron chi connectivity index (χ0n) is 16.3. The number of fused-ring (bicyclic) bond motifs is 1. The van der Waals surface area contributed by atoms with Gasteiger partial charge in [0.05, 0.1) is 5.71 Å². The SMILES string of the molecule is C/C(=N/OCC(=O)OCC(=O)N(C)Cc1ccccc1)c1ccc2c(c1)OCO2. The van der Waals surface area contributed by atoms with Crippen LogP contribution in [0.2, 0.25) is 0 Å². The number of carbonyl (C=O) groups excluding carboxylic acids is 2.